The van der Waals surface area contributed by atoms with Gasteiger partial charge < -0.3 is 19.6 Å². The highest BCUT2D eigenvalue weighted by molar-refractivity contribution is 9.10. The quantitative estimate of drug-likeness (QED) is 0.331. The van der Waals surface area contributed by atoms with E-state index in [4.69, 9.17) is 4.74 Å². The second-order valence-electron chi connectivity index (χ2n) is 7.94. The summed E-state index contributed by atoms with van der Waals surface area (Å²) < 4.78 is 6.15. The number of likely N-dealkylation sites (N-methyl/N-ethyl adjacent to an activating group) is 1. The van der Waals surface area contributed by atoms with Crippen molar-refractivity contribution < 1.29 is 24.3 Å². The Labute approximate surface area is 197 Å². The minimum Gasteiger partial charge on any atom is -0.507 e. The van der Waals surface area contributed by atoms with Crippen molar-refractivity contribution in [3.63, 3.8) is 0 Å². The number of amides is 1. The van der Waals surface area contributed by atoms with Gasteiger partial charge >= 0.3 is 0 Å². The number of benzene rings is 2. The fourth-order valence-corrected chi connectivity index (χ4v) is 4.61. The van der Waals surface area contributed by atoms with Crippen LogP contribution in [0.1, 0.15) is 36.6 Å². The van der Waals surface area contributed by atoms with Crippen LogP contribution in [-0.2, 0) is 9.59 Å². The summed E-state index contributed by atoms with van der Waals surface area (Å²) in [4.78, 5) is 29.1. The number of halogens is 1. The van der Waals surface area contributed by atoms with E-state index in [2.05, 4.69) is 29.8 Å². The summed E-state index contributed by atoms with van der Waals surface area (Å²) in [5, 5.41) is 11.2. The summed E-state index contributed by atoms with van der Waals surface area (Å²) in [5.41, 5.74) is 2.21. The molecule has 2 N–H and O–H groups in total. The number of hydrogen-bond acceptors (Lipinski definition) is 4. The fraction of sp³-hybridized carbons (Fsp3) is 0.360. The molecule has 1 heterocycles. The van der Waals surface area contributed by atoms with Gasteiger partial charge in [0.1, 0.15) is 11.5 Å². The third kappa shape index (κ3) is 4.74. The predicted molar refractivity (Wildman–Crippen MR) is 128 cm³/mol. The Hall–Kier alpha value is -2.64. The molecule has 0 aliphatic carbocycles. The number of rotatable bonds is 8. The Morgan fingerprint density at radius 3 is 2.47 bits per heavy atom. The van der Waals surface area contributed by atoms with Crippen molar-refractivity contribution in [2.24, 2.45) is 0 Å². The van der Waals surface area contributed by atoms with Crippen molar-refractivity contribution in [2.45, 2.75) is 26.8 Å². The Balaban J connectivity index is 2.12. The molecule has 2 aromatic carbocycles. The molecule has 0 bridgehead atoms. The summed E-state index contributed by atoms with van der Waals surface area (Å²) in [6.07, 6.45) is 0. The zero-order chi connectivity index (χ0) is 23.4. The normalized spacial score (nSPS) is 17.9. The molecule has 0 radical (unpaired) electrons. The molecule has 0 spiro atoms. The van der Waals surface area contributed by atoms with Crippen molar-refractivity contribution in [3.05, 3.63) is 69.2 Å². The van der Waals surface area contributed by atoms with Crippen LogP contribution in [0.5, 0.6) is 5.75 Å². The van der Waals surface area contributed by atoms with Gasteiger partial charge in [0.15, 0.2) is 0 Å². The molecule has 6 nitrogen and oxygen atoms in total. The van der Waals surface area contributed by atoms with Gasteiger partial charge in [0.05, 0.1) is 44.9 Å². The minimum absolute atomic E-state index is 0.118. The van der Waals surface area contributed by atoms with Gasteiger partial charge in [-0.15, -0.1) is 0 Å². The molecule has 2 aromatic rings. The number of hydrogen-bond donors (Lipinski definition) is 2. The molecule has 32 heavy (non-hydrogen) atoms. The van der Waals surface area contributed by atoms with Gasteiger partial charge in [0.2, 0.25) is 0 Å². The van der Waals surface area contributed by atoms with E-state index in [0.29, 0.717) is 17.9 Å². The summed E-state index contributed by atoms with van der Waals surface area (Å²) in [5.74, 6) is -0.715. The third-order valence-corrected chi connectivity index (χ3v) is 6.57. The number of carbonyl (C=O) groups excluding carboxylic acids is 2. The maximum atomic E-state index is 13.1. The van der Waals surface area contributed by atoms with Gasteiger partial charge in [-0.25, -0.2) is 0 Å². The molecule has 3 rings (SSSR count). The van der Waals surface area contributed by atoms with Gasteiger partial charge in [-0.3, -0.25) is 9.59 Å². The van der Waals surface area contributed by atoms with Crippen LogP contribution in [0.3, 0.4) is 0 Å². The number of ketones is 1. The van der Waals surface area contributed by atoms with Gasteiger partial charge in [0.25, 0.3) is 11.7 Å². The standard InChI is InChI=1S/C25H29BrN2O4/c1-5-27(6-2)12-13-28-22(17-8-7-9-19(26)15-17)21(24(30)25(28)31)23(29)18-10-11-20(32-4)16(3)14-18/h7-11,14-15,22,29H,5-6,12-13H2,1-4H3/p+1. The van der Waals surface area contributed by atoms with Crippen molar-refractivity contribution in [1.29, 1.82) is 0 Å². The number of aliphatic hydroxyl groups excluding tert-OH is 1. The van der Waals surface area contributed by atoms with Crippen LogP contribution in [0.15, 0.2) is 52.5 Å². The first kappa shape index (κ1) is 24.0. The van der Waals surface area contributed by atoms with Crippen molar-refractivity contribution in [2.75, 3.05) is 33.3 Å². The Morgan fingerprint density at radius 2 is 1.88 bits per heavy atom. The van der Waals surface area contributed by atoms with Crippen molar-refractivity contribution in [3.8, 4) is 5.75 Å². The van der Waals surface area contributed by atoms with E-state index >= 15 is 0 Å². The maximum Gasteiger partial charge on any atom is 0.295 e. The molecule has 0 aromatic heterocycles. The second-order valence-corrected chi connectivity index (χ2v) is 8.85. The molecule has 1 fully saturated rings. The lowest BCUT2D eigenvalue weighted by Gasteiger charge is -2.27. The van der Waals surface area contributed by atoms with E-state index in [1.54, 1.807) is 30.2 Å². The first-order chi connectivity index (χ1) is 15.3. The molecule has 0 saturated carbocycles. The number of nitrogens with one attached hydrogen (secondary N) is 1. The molecular formula is C25H30BrN2O4+. The topological polar surface area (TPSA) is 71.3 Å². The zero-order valence-electron chi connectivity index (χ0n) is 18.9. The molecule has 1 atom stereocenters. The average molecular weight is 502 g/mol. The number of aryl methyl sites for hydroxylation is 1. The molecule has 7 heteroatoms. The maximum absolute atomic E-state index is 13.1. The monoisotopic (exact) mass is 501 g/mol. The van der Waals surface area contributed by atoms with Crippen molar-refractivity contribution >= 4 is 33.4 Å². The van der Waals surface area contributed by atoms with E-state index in [1.807, 2.05) is 31.2 Å². The van der Waals surface area contributed by atoms with E-state index in [0.717, 1.165) is 35.2 Å². The van der Waals surface area contributed by atoms with Crippen LogP contribution in [0.4, 0.5) is 0 Å². The molecular weight excluding hydrogens is 472 g/mol. The number of nitrogens with zero attached hydrogens (tertiary/aromatic N) is 1. The number of carbonyl (C=O) groups is 2. The average Bonchev–Trinajstić information content (AvgIpc) is 3.04. The van der Waals surface area contributed by atoms with E-state index < -0.39 is 17.7 Å². The molecule has 1 amide bonds. The number of ether oxygens (including phenoxy) is 1. The Morgan fingerprint density at radius 1 is 1.16 bits per heavy atom. The smallest absolute Gasteiger partial charge is 0.295 e. The summed E-state index contributed by atoms with van der Waals surface area (Å²) in [7, 11) is 1.58. The van der Waals surface area contributed by atoms with Crippen LogP contribution in [0, 0.1) is 6.92 Å². The molecule has 1 aliphatic heterocycles. The number of quaternary nitrogens is 1. The van der Waals surface area contributed by atoms with Gasteiger partial charge in [-0.05, 0) is 62.2 Å². The van der Waals surface area contributed by atoms with E-state index in [9.17, 15) is 14.7 Å². The van der Waals surface area contributed by atoms with Crippen LogP contribution in [0.25, 0.3) is 5.76 Å². The van der Waals surface area contributed by atoms with Gasteiger partial charge in [-0.2, -0.15) is 0 Å². The van der Waals surface area contributed by atoms with Gasteiger partial charge in [-0.1, -0.05) is 28.1 Å². The largest absolute Gasteiger partial charge is 0.507 e. The first-order valence-corrected chi connectivity index (χ1v) is 11.6. The zero-order valence-corrected chi connectivity index (χ0v) is 20.5. The highest BCUT2D eigenvalue weighted by Crippen LogP contribution is 2.40. The summed E-state index contributed by atoms with van der Waals surface area (Å²) in [6.45, 7) is 9.10. The minimum atomic E-state index is -0.657. The Bertz CT molecular complexity index is 1050. The number of Topliss-reactive ketones (excluding diaryl/α,β-unsaturated/α-hetero) is 1. The van der Waals surface area contributed by atoms with E-state index in [-0.39, 0.29) is 11.3 Å². The predicted octanol–water partition coefficient (Wildman–Crippen LogP) is 3.11. The van der Waals surface area contributed by atoms with Crippen LogP contribution >= 0.6 is 15.9 Å². The lowest BCUT2D eigenvalue weighted by Crippen LogP contribution is -3.12. The van der Waals surface area contributed by atoms with Crippen molar-refractivity contribution in [1.82, 2.24) is 4.90 Å². The first-order valence-electron chi connectivity index (χ1n) is 10.8. The molecule has 170 valence electrons. The molecule has 1 saturated heterocycles. The number of aliphatic hydroxyl groups is 1. The lowest BCUT2D eigenvalue weighted by molar-refractivity contribution is -0.895. The SMILES string of the molecule is CC[NH+](CC)CCN1C(=O)C(=O)C(=C(O)c2ccc(OC)c(C)c2)C1c1cccc(Br)c1. The highest BCUT2D eigenvalue weighted by atomic mass is 79.9. The third-order valence-electron chi connectivity index (χ3n) is 6.08. The van der Waals surface area contributed by atoms with Crippen LogP contribution < -0.4 is 9.64 Å². The molecule has 1 aliphatic rings. The van der Waals surface area contributed by atoms with Crippen LogP contribution in [0.2, 0.25) is 0 Å². The number of likely N-dealkylation sites (tertiary alicyclic amines) is 1. The van der Waals surface area contributed by atoms with E-state index in [1.165, 1.54) is 4.90 Å². The Kier molecular flexibility index (Phi) is 7.74. The molecule has 1 unspecified atom stereocenters. The number of methoxy groups -OCH3 is 1. The summed E-state index contributed by atoms with van der Waals surface area (Å²) in [6, 6.07) is 12.1. The fourth-order valence-electron chi connectivity index (χ4n) is 4.20. The van der Waals surface area contributed by atoms with Gasteiger partial charge in [0, 0.05) is 10.0 Å². The summed E-state index contributed by atoms with van der Waals surface area (Å²) >= 11 is 3.49. The van der Waals surface area contributed by atoms with Crippen LogP contribution in [-0.4, -0.2) is 55.0 Å². The lowest BCUT2D eigenvalue weighted by atomic mass is 9.95. The highest BCUT2D eigenvalue weighted by Gasteiger charge is 2.46. The second kappa shape index (κ2) is 10.3.